The number of rotatable bonds is 6. The molecule has 0 fully saturated rings. The lowest BCUT2D eigenvalue weighted by Gasteiger charge is -2.17. The highest BCUT2D eigenvalue weighted by Crippen LogP contribution is 2.35. The van der Waals surface area contributed by atoms with E-state index >= 15 is 0 Å². The normalized spacial score (nSPS) is 13.7. The molecule has 188 valence electrons. The second kappa shape index (κ2) is 9.74. The van der Waals surface area contributed by atoms with E-state index in [9.17, 15) is 37.7 Å². The quantitative estimate of drug-likeness (QED) is 0.151. The number of anilines is 2. The van der Waals surface area contributed by atoms with Gasteiger partial charge in [0.05, 0.1) is 21.7 Å². The van der Waals surface area contributed by atoms with Crippen molar-refractivity contribution >= 4 is 46.4 Å². The average Bonchev–Trinajstić information content (AvgIpc) is 3.07. The van der Waals surface area contributed by atoms with Crippen LogP contribution in [0, 0.1) is 10.1 Å². The van der Waals surface area contributed by atoms with E-state index in [2.05, 4.69) is 5.32 Å². The minimum atomic E-state index is -4.68. The fraction of sp³-hybridized carbons (Fsp3) is 0.0417. The zero-order valence-corrected chi connectivity index (χ0v) is 19.0. The lowest BCUT2D eigenvalue weighted by Crippen LogP contribution is -2.32. The lowest BCUT2D eigenvalue weighted by atomic mass is 10.2. The summed E-state index contributed by atoms with van der Waals surface area (Å²) in [7, 11) is 0. The number of nitrogens with zero attached hydrogens (tertiary/aromatic N) is 2. The Kier molecular flexibility index (Phi) is 6.68. The fourth-order valence-electron chi connectivity index (χ4n) is 3.30. The minimum absolute atomic E-state index is 0.0829. The molecular formula is C24H13ClF3N3O6. The first-order chi connectivity index (χ1) is 17.5. The van der Waals surface area contributed by atoms with Crippen LogP contribution in [0.4, 0.5) is 30.2 Å². The van der Waals surface area contributed by atoms with E-state index in [1.54, 1.807) is 0 Å². The number of hydrogen-bond donors (Lipinski definition) is 1. The van der Waals surface area contributed by atoms with E-state index in [1.165, 1.54) is 54.6 Å². The number of imide groups is 1. The van der Waals surface area contributed by atoms with Gasteiger partial charge in [0.25, 0.3) is 17.5 Å². The number of hydrogen-bond acceptors (Lipinski definition) is 7. The van der Waals surface area contributed by atoms with Gasteiger partial charge in [-0.15, -0.1) is 0 Å². The Bertz CT molecular complexity index is 1450. The molecule has 1 heterocycles. The van der Waals surface area contributed by atoms with Crippen molar-refractivity contribution in [1.82, 2.24) is 0 Å². The van der Waals surface area contributed by atoms with Crippen molar-refractivity contribution in [1.29, 1.82) is 0 Å². The van der Waals surface area contributed by atoms with Crippen molar-refractivity contribution in [3.8, 4) is 5.75 Å². The van der Waals surface area contributed by atoms with Gasteiger partial charge in [0.1, 0.15) is 16.5 Å². The van der Waals surface area contributed by atoms with Gasteiger partial charge in [-0.25, -0.2) is 9.69 Å². The van der Waals surface area contributed by atoms with Crippen LogP contribution in [0.3, 0.4) is 0 Å². The summed E-state index contributed by atoms with van der Waals surface area (Å²) in [6.45, 7) is 0. The first-order valence-electron chi connectivity index (χ1n) is 10.3. The number of nitrogens with one attached hydrogen (secondary N) is 1. The molecule has 0 aromatic heterocycles. The molecule has 0 spiro atoms. The zero-order valence-electron chi connectivity index (χ0n) is 18.3. The minimum Gasteiger partial charge on any atom is -0.423 e. The Labute approximate surface area is 210 Å². The Morgan fingerprint density at radius 2 is 1.62 bits per heavy atom. The molecule has 0 unspecified atom stereocenters. The molecule has 37 heavy (non-hydrogen) atoms. The predicted molar refractivity (Wildman–Crippen MR) is 125 cm³/mol. The van der Waals surface area contributed by atoms with Gasteiger partial charge in [-0.3, -0.25) is 19.7 Å². The third-order valence-corrected chi connectivity index (χ3v) is 5.46. The Hall–Kier alpha value is -4.71. The maximum atomic E-state index is 13.1. The number of esters is 1. The smallest absolute Gasteiger partial charge is 0.416 e. The molecule has 9 nitrogen and oxygen atoms in total. The van der Waals surface area contributed by atoms with Crippen LogP contribution in [-0.4, -0.2) is 22.7 Å². The number of amides is 2. The van der Waals surface area contributed by atoms with E-state index in [0.29, 0.717) is 11.0 Å². The van der Waals surface area contributed by atoms with Gasteiger partial charge in [0.15, 0.2) is 0 Å². The van der Waals surface area contributed by atoms with Gasteiger partial charge in [-0.05, 0) is 54.6 Å². The van der Waals surface area contributed by atoms with Crippen molar-refractivity contribution in [2.75, 3.05) is 10.2 Å². The second-order valence-corrected chi connectivity index (χ2v) is 7.90. The largest absolute Gasteiger partial charge is 0.423 e. The summed E-state index contributed by atoms with van der Waals surface area (Å²) in [6, 6.07) is 14.0. The van der Waals surface area contributed by atoms with Crippen LogP contribution in [0.1, 0.15) is 15.9 Å². The second-order valence-electron chi connectivity index (χ2n) is 7.53. The zero-order chi connectivity index (χ0) is 26.9. The van der Waals surface area contributed by atoms with Crippen LogP contribution in [-0.2, 0) is 15.8 Å². The number of carbonyl (C=O) groups excluding carboxylic acids is 3. The molecule has 13 heteroatoms. The van der Waals surface area contributed by atoms with Crippen LogP contribution in [0.15, 0.2) is 83.5 Å². The van der Waals surface area contributed by atoms with Crippen LogP contribution >= 0.6 is 11.6 Å². The number of nitro groups is 1. The maximum absolute atomic E-state index is 13.1. The molecule has 1 aliphatic heterocycles. The number of halogens is 4. The van der Waals surface area contributed by atoms with Gasteiger partial charge in [0.2, 0.25) is 0 Å². The van der Waals surface area contributed by atoms with E-state index in [1.807, 2.05) is 0 Å². The maximum Gasteiger partial charge on any atom is 0.416 e. The standard InChI is InChI=1S/C24H13ClF3N3O6/c25-19-20(22(33)30(21(19)32)17-3-1-2-14(12-17)24(26,27)28)29-15-6-4-13(5-7-15)23(34)37-18-10-8-16(9-11-18)31(35)36/h1-12,29H. The van der Waals surface area contributed by atoms with Crippen molar-refractivity contribution in [3.63, 3.8) is 0 Å². The number of alkyl halides is 3. The van der Waals surface area contributed by atoms with E-state index in [4.69, 9.17) is 16.3 Å². The lowest BCUT2D eigenvalue weighted by molar-refractivity contribution is -0.384. The predicted octanol–water partition coefficient (Wildman–Crippen LogP) is 5.27. The molecule has 1 aliphatic rings. The number of nitro benzene ring substituents is 1. The first-order valence-corrected chi connectivity index (χ1v) is 10.6. The SMILES string of the molecule is O=C(Oc1ccc([N+](=O)[O-])cc1)c1ccc(NC2=C(Cl)C(=O)N(c3cccc(C(F)(F)F)c3)C2=O)cc1. The van der Waals surface area contributed by atoms with Gasteiger partial charge >= 0.3 is 12.1 Å². The summed E-state index contributed by atoms with van der Waals surface area (Å²) in [4.78, 5) is 48.4. The molecule has 0 aliphatic carbocycles. The Morgan fingerprint density at radius 3 is 2.22 bits per heavy atom. The van der Waals surface area contributed by atoms with Crippen LogP contribution < -0.4 is 15.0 Å². The average molecular weight is 532 g/mol. The highest BCUT2D eigenvalue weighted by Gasteiger charge is 2.40. The first kappa shape index (κ1) is 25.4. The number of benzene rings is 3. The molecule has 3 aromatic carbocycles. The van der Waals surface area contributed by atoms with Gasteiger partial charge in [-0.2, -0.15) is 13.2 Å². The van der Waals surface area contributed by atoms with E-state index in [-0.39, 0.29) is 34.1 Å². The molecule has 0 saturated heterocycles. The number of non-ortho nitro benzene ring substituents is 1. The number of ether oxygens (including phenoxy) is 1. The van der Waals surface area contributed by atoms with Crippen molar-refractivity contribution in [2.45, 2.75) is 6.18 Å². The van der Waals surface area contributed by atoms with Crippen molar-refractivity contribution < 1.29 is 37.2 Å². The fourth-order valence-corrected chi connectivity index (χ4v) is 3.52. The molecule has 0 bridgehead atoms. The molecule has 3 aromatic rings. The van der Waals surface area contributed by atoms with Crippen molar-refractivity contribution in [3.05, 3.63) is 105 Å². The molecule has 0 saturated carbocycles. The van der Waals surface area contributed by atoms with Crippen LogP contribution in [0.25, 0.3) is 0 Å². The summed E-state index contributed by atoms with van der Waals surface area (Å²) in [5, 5.41) is 12.8. The summed E-state index contributed by atoms with van der Waals surface area (Å²) >= 11 is 6.02. The molecule has 0 atom stereocenters. The molecule has 4 rings (SSSR count). The summed E-state index contributed by atoms with van der Waals surface area (Å²) in [5.74, 6) is -2.65. The third kappa shape index (κ3) is 5.28. The van der Waals surface area contributed by atoms with E-state index < -0.39 is 39.5 Å². The van der Waals surface area contributed by atoms with Crippen LogP contribution in [0.2, 0.25) is 0 Å². The summed E-state index contributed by atoms with van der Waals surface area (Å²) in [6.07, 6.45) is -4.68. The Morgan fingerprint density at radius 1 is 0.973 bits per heavy atom. The highest BCUT2D eigenvalue weighted by atomic mass is 35.5. The summed E-state index contributed by atoms with van der Waals surface area (Å²) in [5.41, 5.74) is -1.53. The molecule has 2 amide bonds. The molecular weight excluding hydrogens is 519 g/mol. The van der Waals surface area contributed by atoms with E-state index in [0.717, 1.165) is 12.1 Å². The Balaban J connectivity index is 1.47. The van der Waals surface area contributed by atoms with Crippen molar-refractivity contribution in [2.24, 2.45) is 0 Å². The molecule has 0 radical (unpaired) electrons. The van der Waals surface area contributed by atoms with Crippen LogP contribution in [0.5, 0.6) is 5.75 Å². The monoisotopic (exact) mass is 531 g/mol. The number of carbonyl (C=O) groups is 3. The van der Waals surface area contributed by atoms with Gasteiger partial charge in [0, 0.05) is 17.8 Å². The topological polar surface area (TPSA) is 119 Å². The highest BCUT2D eigenvalue weighted by molar-refractivity contribution is 6.53. The molecule has 1 N–H and O–H groups in total. The van der Waals surface area contributed by atoms with Gasteiger partial charge < -0.3 is 10.1 Å². The third-order valence-electron chi connectivity index (χ3n) is 5.11. The van der Waals surface area contributed by atoms with Gasteiger partial charge in [-0.1, -0.05) is 17.7 Å². The summed E-state index contributed by atoms with van der Waals surface area (Å²) < 4.78 is 44.3.